The second kappa shape index (κ2) is 1.78. The molecule has 0 amide bonds. The molecule has 36 valence electrons. The van der Waals surface area contributed by atoms with Crippen LogP contribution in [-0.2, 0) is 0 Å². The van der Waals surface area contributed by atoms with E-state index in [1.165, 1.54) is 6.07 Å². The van der Waals surface area contributed by atoms with Gasteiger partial charge in [0.15, 0.2) is 0 Å². The molecule has 0 fully saturated rings. The summed E-state index contributed by atoms with van der Waals surface area (Å²) in [6.07, 6.45) is 0. The molecule has 0 saturated carbocycles. The highest BCUT2D eigenvalue weighted by Crippen LogP contribution is 1.92. The van der Waals surface area contributed by atoms with Gasteiger partial charge in [-0.15, -0.1) is 0 Å². The van der Waals surface area contributed by atoms with Crippen molar-refractivity contribution >= 4 is 0 Å². The highest BCUT2D eigenvalue weighted by atomic mass is 13.8. The van der Waals surface area contributed by atoms with Gasteiger partial charge in [-0.3, -0.25) is 0 Å². The molecule has 0 heteroatoms. The van der Waals surface area contributed by atoms with Gasteiger partial charge in [-0.2, -0.15) is 0 Å². The zero-order valence-electron chi connectivity index (χ0n) is 8.08. The van der Waals surface area contributed by atoms with Crippen LogP contribution in [0.4, 0.5) is 0 Å². The van der Waals surface area contributed by atoms with Gasteiger partial charge in [-0.05, 0) is 6.92 Å². The first-order chi connectivity index (χ1) is 5.04. The molecule has 0 aliphatic heterocycles. The largest absolute Gasteiger partial charge is 0.0625 e. The average molecular weight is 96.2 g/mol. The van der Waals surface area contributed by atoms with Crippen molar-refractivity contribution in [3.8, 4) is 0 Å². The lowest BCUT2D eigenvalue weighted by molar-refractivity contribution is 1.48. The first kappa shape index (κ1) is 1.62. The fourth-order valence-electron chi connectivity index (χ4n) is 0.346. The summed E-state index contributed by atoms with van der Waals surface area (Å²) in [5.41, 5.74) is 0.464. The smallest absolute Gasteiger partial charge is 0.0622 e. The minimum absolute atomic E-state index is 0.0116. The van der Waals surface area contributed by atoms with E-state index in [0.29, 0.717) is 5.56 Å². The fourth-order valence-corrected chi connectivity index (χ4v) is 0.346. The summed E-state index contributed by atoms with van der Waals surface area (Å²) in [6, 6.07) is 1.29. The highest BCUT2D eigenvalue weighted by Gasteiger charge is 1.72. The van der Waals surface area contributed by atoms with Crippen molar-refractivity contribution in [3.63, 3.8) is 0 Å². The summed E-state index contributed by atoms with van der Waals surface area (Å²) in [4.78, 5) is 0. The Kier molecular flexibility index (Phi) is 0.413. The Labute approximate surface area is 49.4 Å². The molecule has 1 rings (SSSR count). The lowest BCUT2D eigenvalue weighted by Gasteiger charge is -1.82. The Balaban J connectivity index is 3.46. The molecule has 1 aromatic carbocycles. The lowest BCUT2D eigenvalue weighted by atomic mass is 10.2. The van der Waals surface area contributed by atoms with E-state index in [4.69, 9.17) is 5.48 Å². The monoisotopic (exact) mass is 96.1 g/mol. The van der Waals surface area contributed by atoms with E-state index in [0.717, 1.165) is 0 Å². The van der Waals surface area contributed by atoms with Crippen LogP contribution in [0.2, 0.25) is 0 Å². The maximum atomic E-state index is 7.30. The molecule has 0 atom stereocenters. The Morgan fingerprint density at radius 1 is 1.43 bits per heavy atom. The molecule has 0 radical (unpaired) electrons. The summed E-state index contributed by atoms with van der Waals surface area (Å²) < 4.78 is 29.0. The molecule has 0 aliphatic carbocycles. The topological polar surface area (TPSA) is 0 Å². The minimum Gasteiger partial charge on any atom is -0.0622 e. The molecule has 0 saturated heterocycles. The fraction of sp³-hybridized carbons (Fsp3) is 0.143. The first-order valence-electron chi connectivity index (χ1n) is 4.08. The normalized spacial score (nSPS) is 16.7. The van der Waals surface area contributed by atoms with Crippen molar-refractivity contribution in [2.24, 2.45) is 0 Å². The van der Waals surface area contributed by atoms with Gasteiger partial charge < -0.3 is 0 Å². The highest BCUT2D eigenvalue weighted by molar-refractivity contribution is 5.11. The Morgan fingerprint density at radius 2 is 2.29 bits per heavy atom. The van der Waals surface area contributed by atoms with Crippen LogP contribution in [0.25, 0.3) is 0 Å². The molecular weight excluding hydrogens is 84.1 g/mol. The van der Waals surface area contributed by atoms with Crippen LogP contribution in [0.3, 0.4) is 0 Å². The Hall–Kier alpha value is -0.780. The second-order valence-corrected chi connectivity index (χ2v) is 1.31. The third kappa shape index (κ3) is 1.04. The van der Waals surface area contributed by atoms with Crippen LogP contribution < -0.4 is 0 Å². The number of hydrogen-bond donors (Lipinski definition) is 0. The molecule has 0 unspecified atom stereocenters. The molecule has 1 aromatic rings. The SMILES string of the molecule is [2H]c1cc([2H])c(C)c([2H])c1[2H]. The molecule has 0 heterocycles. The molecule has 0 aliphatic rings. The van der Waals surface area contributed by atoms with Crippen molar-refractivity contribution in [1.29, 1.82) is 0 Å². The Bertz CT molecular complexity index is 267. The van der Waals surface area contributed by atoms with Gasteiger partial charge in [-0.1, -0.05) is 35.8 Å². The third-order valence-corrected chi connectivity index (χ3v) is 0.683. The van der Waals surface area contributed by atoms with Gasteiger partial charge in [-0.25, -0.2) is 0 Å². The number of rotatable bonds is 0. The van der Waals surface area contributed by atoms with Crippen molar-refractivity contribution in [1.82, 2.24) is 0 Å². The van der Waals surface area contributed by atoms with Crippen LogP contribution in [0.5, 0.6) is 0 Å². The van der Waals surface area contributed by atoms with Gasteiger partial charge in [0, 0.05) is 0 Å². The summed E-state index contributed by atoms with van der Waals surface area (Å²) in [5, 5.41) is 0. The molecule has 0 N–H and O–H groups in total. The lowest BCUT2D eigenvalue weighted by Crippen LogP contribution is -1.62. The minimum atomic E-state index is -0.0986. The van der Waals surface area contributed by atoms with Crippen molar-refractivity contribution < 1.29 is 5.48 Å². The summed E-state index contributed by atoms with van der Waals surface area (Å²) in [7, 11) is 0. The average Bonchev–Trinajstić information content (AvgIpc) is 1.97. The molecule has 0 aromatic heterocycles. The van der Waals surface area contributed by atoms with Crippen LogP contribution in [0.15, 0.2) is 30.2 Å². The standard InChI is InChI=1S/C7H8/c1-7-5-3-2-4-6-7/h2-6H,1H3/i2D,3D,5D,6D. The Morgan fingerprint density at radius 3 is 3.14 bits per heavy atom. The van der Waals surface area contributed by atoms with Gasteiger partial charge >= 0.3 is 0 Å². The second-order valence-electron chi connectivity index (χ2n) is 1.31. The maximum Gasteiger partial charge on any atom is 0.0625 e. The number of benzene rings is 1. The molecule has 7 heavy (non-hydrogen) atoms. The maximum absolute atomic E-state index is 7.30. The van der Waals surface area contributed by atoms with Gasteiger partial charge in [0.05, 0.1) is 5.48 Å². The number of hydrogen-bond acceptors (Lipinski definition) is 0. The summed E-state index contributed by atoms with van der Waals surface area (Å²) in [5.74, 6) is 0. The van der Waals surface area contributed by atoms with E-state index in [2.05, 4.69) is 0 Å². The van der Waals surface area contributed by atoms with Crippen LogP contribution in [0, 0.1) is 6.92 Å². The van der Waals surface area contributed by atoms with E-state index in [9.17, 15) is 0 Å². The zero-order chi connectivity index (χ0) is 8.59. The van der Waals surface area contributed by atoms with Gasteiger partial charge in [0.1, 0.15) is 0 Å². The van der Waals surface area contributed by atoms with E-state index in [-0.39, 0.29) is 24.2 Å². The summed E-state index contributed by atoms with van der Waals surface area (Å²) >= 11 is 0. The molecule has 0 bridgehead atoms. The van der Waals surface area contributed by atoms with Crippen molar-refractivity contribution in [3.05, 3.63) is 35.8 Å². The molecule has 0 nitrogen and oxygen atoms in total. The predicted octanol–water partition coefficient (Wildman–Crippen LogP) is 2.00. The van der Waals surface area contributed by atoms with E-state index < -0.39 is 0 Å². The third-order valence-electron chi connectivity index (χ3n) is 0.683. The van der Waals surface area contributed by atoms with Crippen molar-refractivity contribution in [2.75, 3.05) is 0 Å². The van der Waals surface area contributed by atoms with Gasteiger partial charge in [0.2, 0.25) is 0 Å². The first-order valence-corrected chi connectivity index (χ1v) is 2.08. The van der Waals surface area contributed by atoms with Crippen LogP contribution in [0.1, 0.15) is 11.0 Å². The van der Waals surface area contributed by atoms with Crippen molar-refractivity contribution in [2.45, 2.75) is 6.92 Å². The summed E-state index contributed by atoms with van der Waals surface area (Å²) in [6.45, 7) is 1.61. The van der Waals surface area contributed by atoms with E-state index in [1.807, 2.05) is 0 Å². The van der Waals surface area contributed by atoms with E-state index in [1.54, 1.807) is 6.92 Å². The van der Waals surface area contributed by atoms with E-state index >= 15 is 0 Å². The predicted molar refractivity (Wildman–Crippen MR) is 31.2 cm³/mol. The zero-order valence-corrected chi connectivity index (χ0v) is 4.08. The van der Waals surface area contributed by atoms with Gasteiger partial charge in [0.25, 0.3) is 0 Å². The molecule has 0 spiro atoms. The van der Waals surface area contributed by atoms with Crippen LogP contribution in [-0.4, -0.2) is 0 Å². The van der Waals surface area contributed by atoms with Crippen LogP contribution >= 0.6 is 0 Å². The molecular formula is C7H8. The quantitative estimate of drug-likeness (QED) is 0.463.